The molecule has 0 amide bonds. The van der Waals surface area contributed by atoms with Gasteiger partial charge in [-0.3, -0.25) is 0 Å². The molecule has 0 bridgehead atoms. The van der Waals surface area contributed by atoms with E-state index in [1.807, 2.05) is 0 Å². The monoisotopic (exact) mass is 200 g/mol. The molecule has 0 aromatic heterocycles. The fraction of sp³-hybridized carbons (Fsp3) is 1.00. The molecular formula is C11H24N2O. The Bertz CT molecular complexity index is 161. The van der Waals surface area contributed by atoms with Crippen LogP contribution in [0.3, 0.4) is 0 Å². The van der Waals surface area contributed by atoms with E-state index >= 15 is 0 Å². The summed E-state index contributed by atoms with van der Waals surface area (Å²) in [6.07, 6.45) is 3.16. The highest BCUT2D eigenvalue weighted by atomic mass is 16.3. The van der Waals surface area contributed by atoms with E-state index in [1.54, 1.807) is 0 Å². The summed E-state index contributed by atoms with van der Waals surface area (Å²) in [5.41, 5.74) is 0. The van der Waals surface area contributed by atoms with Gasteiger partial charge in [0.05, 0.1) is 6.10 Å². The summed E-state index contributed by atoms with van der Waals surface area (Å²) in [7, 11) is 2.14. The molecule has 0 radical (unpaired) electrons. The largest absolute Gasteiger partial charge is 0.392 e. The smallest absolute Gasteiger partial charge is 0.0693 e. The molecular weight excluding hydrogens is 176 g/mol. The van der Waals surface area contributed by atoms with Gasteiger partial charge in [-0.1, -0.05) is 0 Å². The highest BCUT2D eigenvalue weighted by Gasteiger charge is 2.24. The molecule has 14 heavy (non-hydrogen) atoms. The Labute approximate surface area is 87.5 Å². The normalized spacial score (nSPS) is 27.9. The van der Waals surface area contributed by atoms with E-state index in [4.69, 9.17) is 0 Å². The molecule has 1 aliphatic carbocycles. The lowest BCUT2D eigenvalue weighted by atomic mass is 10.2. The van der Waals surface area contributed by atoms with Gasteiger partial charge in [-0.05, 0) is 40.2 Å². The molecule has 1 aliphatic rings. The van der Waals surface area contributed by atoms with Gasteiger partial charge in [0, 0.05) is 25.2 Å². The minimum atomic E-state index is -0.112. The number of aliphatic hydroxyl groups is 1. The molecule has 1 rings (SSSR count). The van der Waals surface area contributed by atoms with Crippen molar-refractivity contribution in [2.45, 2.75) is 51.3 Å². The fourth-order valence-electron chi connectivity index (χ4n) is 1.86. The lowest BCUT2D eigenvalue weighted by molar-refractivity contribution is 0.146. The van der Waals surface area contributed by atoms with Gasteiger partial charge in [-0.25, -0.2) is 0 Å². The highest BCUT2D eigenvalue weighted by Crippen LogP contribution is 2.18. The minimum Gasteiger partial charge on any atom is -0.392 e. The third-order valence-electron chi connectivity index (χ3n) is 3.23. The molecule has 2 N–H and O–H groups in total. The molecule has 2 unspecified atom stereocenters. The van der Waals surface area contributed by atoms with Gasteiger partial charge in [0.2, 0.25) is 0 Å². The Morgan fingerprint density at radius 1 is 1.43 bits per heavy atom. The van der Waals surface area contributed by atoms with E-state index in [-0.39, 0.29) is 6.10 Å². The minimum absolute atomic E-state index is 0.112. The van der Waals surface area contributed by atoms with Gasteiger partial charge in [-0.2, -0.15) is 0 Å². The Hall–Kier alpha value is -0.120. The van der Waals surface area contributed by atoms with Crippen molar-refractivity contribution in [1.82, 2.24) is 10.2 Å². The lowest BCUT2D eigenvalue weighted by Gasteiger charge is -2.23. The second-order valence-electron chi connectivity index (χ2n) is 4.63. The van der Waals surface area contributed by atoms with Crippen LogP contribution in [0.2, 0.25) is 0 Å². The van der Waals surface area contributed by atoms with Crippen molar-refractivity contribution in [2.75, 3.05) is 20.1 Å². The van der Waals surface area contributed by atoms with E-state index in [9.17, 15) is 5.11 Å². The maximum absolute atomic E-state index is 9.59. The van der Waals surface area contributed by atoms with Crippen molar-refractivity contribution in [3.63, 3.8) is 0 Å². The quantitative estimate of drug-likeness (QED) is 0.690. The SMILES string of the molecule is CC(C)N(C)CCNC1CCCC1O. The second-order valence-corrected chi connectivity index (χ2v) is 4.63. The van der Waals surface area contributed by atoms with Crippen LogP contribution in [0.4, 0.5) is 0 Å². The fourth-order valence-corrected chi connectivity index (χ4v) is 1.86. The zero-order valence-electron chi connectivity index (χ0n) is 9.66. The number of likely N-dealkylation sites (N-methyl/N-ethyl adjacent to an activating group) is 1. The van der Waals surface area contributed by atoms with Crippen molar-refractivity contribution >= 4 is 0 Å². The predicted molar refractivity (Wildman–Crippen MR) is 59.4 cm³/mol. The van der Waals surface area contributed by atoms with Crippen LogP contribution in [0.5, 0.6) is 0 Å². The van der Waals surface area contributed by atoms with Crippen LogP contribution in [0.15, 0.2) is 0 Å². The van der Waals surface area contributed by atoms with Gasteiger partial charge in [-0.15, -0.1) is 0 Å². The molecule has 0 spiro atoms. The Morgan fingerprint density at radius 3 is 2.64 bits per heavy atom. The number of rotatable bonds is 5. The molecule has 1 saturated carbocycles. The van der Waals surface area contributed by atoms with E-state index in [1.165, 1.54) is 6.42 Å². The summed E-state index contributed by atoms with van der Waals surface area (Å²) in [6.45, 7) is 6.44. The summed E-state index contributed by atoms with van der Waals surface area (Å²) in [6, 6.07) is 0.945. The number of aliphatic hydroxyl groups excluding tert-OH is 1. The molecule has 0 heterocycles. The van der Waals surface area contributed by atoms with Crippen LogP contribution in [-0.4, -0.2) is 48.3 Å². The molecule has 1 fully saturated rings. The highest BCUT2D eigenvalue weighted by molar-refractivity contribution is 4.82. The first-order chi connectivity index (χ1) is 6.61. The average molecular weight is 200 g/mol. The third-order valence-corrected chi connectivity index (χ3v) is 3.23. The van der Waals surface area contributed by atoms with E-state index in [0.717, 1.165) is 25.9 Å². The second kappa shape index (κ2) is 5.69. The van der Waals surface area contributed by atoms with Gasteiger partial charge in [0.1, 0.15) is 0 Å². The number of nitrogens with one attached hydrogen (secondary N) is 1. The third kappa shape index (κ3) is 3.56. The number of nitrogens with zero attached hydrogens (tertiary/aromatic N) is 1. The van der Waals surface area contributed by atoms with Gasteiger partial charge in [0.15, 0.2) is 0 Å². The van der Waals surface area contributed by atoms with Crippen molar-refractivity contribution in [3.05, 3.63) is 0 Å². The maximum Gasteiger partial charge on any atom is 0.0693 e. The first kappa shape index (κ1) is 12.0. The summed E-state index contributed by atoms with van der Waals surface area (Å²) < 4.78 is 0. The van der Waals surface area contributed by atoms with Crippen LogP contribution < -0.4 is 5.32 Å². The summed E-state index contributed by atoms with van der Waals surface area (Å²) >= 11 is 0. The zero-order chi connectivity index (χ0) is 10.6. The standard InChI is InChI=1S/C11H24N2O/c1-9(2)13(3)8-7-12-10-5-4-6-11(10)14/h9-12,14H,4-8H2,1-3H3. The molecule has 0 aliphatic heterocycles. The Balaban J connectivity index is 2.09. The van der Waals surface area contributed by atoms with Crippen LogP contribution in [0, 0.1) is 0 Å². The Morgan fingerprint density at radius 2 is 2.14 bits per heavy atom. The molecule has 0 aromatic carbocycles. The van der Waals surface area contributed by atoms with Gasteiger partial charge in [0.25, 0.3) is 0 Å². The van der Waals surface area contributed by atoms with Crippen LogP contribution in [0.1, 0.15) is 33.1 Å². The molecule has 2 atom stereocenters. The Kier molecular flexibility index (Phi) is 4.85. The van der Waals surface area contributed by atoms with E-state index in [2.05, 4.69) is 31.1 Å². The topological polar surface area (TPSA) is 35.5 Å². The van der Waals surface area contributed by atoms with Crippen molar-refractivity contribution in [1.29, 1.82) is 0 Å². The van der Waals surface area contributed by atoms with Gasteiger partial charge < -0.3 is 15.3 Å². The van der Waals surface area contributed by atoms with Crippen molar-refractivity contribution in [2.24, 2.45) is 0 Å². The number of hydrogen-bond donors (Lipinski definition) is 2. The van der Waals surface area contributed by atoms with Gasteiger partial charge >= 0.3 is 0 Å². The first-order valence-corrected chi connectivity index (χ1v) is 5.73. The molecule has 3 heteroatoms. The molecule has 0 aromatic rings. The van der Waals surface area contributed by atoms with Crippen LogP contribution >= 0.6 is 0 Å². The van der Waals surface area contributed by atoms with Crippen LogP contribution in [-0.2, 0) is 0 Å². The van der Waals surface area contributed by atoms with E-state index < -0.39 is 0 Å². The summed E-state index contributed by atoms with van der Waals surface area (Å²) in [5, 5.41) is 13.0. The summed E-state index contributed by atoms with van der Waals surface area (Å²) in [5.74, 6) is 0. The summed E-state index contributed by atoms with van der Waals surface area (Å²) in [4.78, 5) is 2.31. The predicted octanol–water partition coefficient (Wildman–Crippen LogP) is 0.830. The van der Waals surface area contributed by atoms with E-state index in [0.29, 0.717) is 12.1 Å². The van der Waals surface area contributed by atoms with Crippen LogP contribution in [0.25, 0.3) is 0 Å². The molecule has 0 saturated heterocycles. The average Bonchev–Trinajstić information content (AvgIpc) is 2.51. The molecule has 3 nitrogen and oxygen atoms in total. The first-order valence-electron chi connectivity index (χ1n) is 5.73. The number of hydrogen-bond acceptors (Lipinski definition) is 3. The maximum atomic E-state index is 9.59. The van der Waals surface area contributed by atoms with Crippen molar-refractivity contribution in [3.8, 4) is 0 Å². The molecule has 84 valence electrons. The lowest BCUT2D eigenvalue weighted by Crippen LogP contribution is -2.41. The van der Waals surface area contributed by atoms with Crippen molar-refractivity contribution < 1.29 is 5.11 Å². The zero-order valence-corrected chi connectivity index (χ0v) is 9.66.